The lowest BCUT2D eigenvalue weighted by molar-refractivity contribution is -0.284. The zero-order valence-electron chi connectivity index (χ0n) is 61.7. The lowest BCUT2D eigenvalue weighted by atomic mass is 9.88. The third-order valence-electron chi connectivity index (χ3n) is 20.4. The first kappa shape index (κ1) is 84.7. The number of benzene rings is 7. The van der Waals surface area contributed by atoms with E-state index < -0.39 is 252 Å². The van der Waals surface area contributed by atoms with Gasteiger partial charge in [-0.1, -0.05) is 47.5 Å². The van der Waals surface area contributed by atoms with E-state index in [1.165, 1.54) is 61.5 Å². The van der Waals surface area contributed by atoms with Crippen LogP contribution < -0.4 is 67.2 Å². The largest absolute Gasteiger partial charge is 0.508 e. The number of aliphatic hydroxyl groups is 6. The Labute approximate surface area is 691 Å². The minimum absolute atomic E-state index is 0.0521. The Bertz CT molecular complexity index is 5200. The van der Waals surface area contributed by atoms with Crippen molar-refractivity contribution in [2.75, 3.05) is 13.2 Å². The number of fused-ring (bicyclic) bond motifs is 14. The predicted octanol–water partition coefficient (Wildman–Crippen LogP) is 2.31. The van der Waals surface area contributed by atoms with Crippen LogP contribution >= 0.6 is 45.8 Å². The highest BCUT2D eigenvalue weighted by Gasteiger charge is 2.51. The number of ether oxygens (including phenoxy) is 7. The molecule has 2 saturated heterocycles. The van der Waals surface area contributed by atoms with Gasteiger partial charge in [-0.2, -0.15) is 0 Å². The van der Waals surface area contributed by atoms with Crippen molar-refractivity contribution in [2.45, 2.75) is 149 Å². The van der Waals surface area contributed by atoms with Gasteiger partial charge in [-0.3, -0.25) is 43.2 Å². The number of aromatic hydroxyl groups is 3. The van der Waals surface area contributed by atoms with Gasteiger partial charge in [0.15, 0.2) is 35.3 Å². The van der Waals surface area contributed by atoms with Crippen LogP contribution in [-0.2, 0) is 68.6 Å². The van der Waals surface area contributed by atoms with E-state index in [-0.39, 0.29) is 78.8 Å². The zero-order valence-corrected chi connectivity index (χ0v) is 65.3. The second-order valence-corrected chi connectivity index (χ2v) is 30.5. The second kappa shape index (κ2) is 35.1. The molecule has 0 radical (unpaired) electrons. The third kappa shape index (κ3) is 17.9. The normalized spacial score (nSPS) is 26.9. The Morgan fingerprint density at radius 1 is 0.568 bits per heavy atom. The molecule has 4 unspecified atom stereocenters. The molecule has 2 fully saturated rings. The molecule has 8 amide bonds. The van der Waals surface area contributed by atoms with Crippen LogP contribution in [0.15, 0.2) is 115 Å². The van der Waals surface area contributed by atoms with Gasteiger partial charge in [0.2, 0.25) is 59.3 Å². The third-order valence-corrected chi connectivity index (χ3v) is 21.9. The van der Waals surface area contributed by atoms with Crippen molar-refractivity contribution in [3.63, 3.8) is 0 Å². The molecule has 118 heavy (non-hydrogen) atoms. The number of aryl methyl sites for hydroxylation is 1. The van der Waals surface area contributed by atoms with E-state index in [1.807, 2.05) is 22.6 Å². The van der Waals surface area contributed by atoms with Crippen molar-refractivity contribution in [3.8, 4) is 68.6 Å². The molecule has 7 aromatic carbocycles. The van der Waals surface area contributed by atoms with E-state index in [9.17, 15) is 80.1 Å². The molecular formula is C78H76Cl2IN9O28. The minimum Gasteiger partial charge on any atom is -0.508 e. The van der Waals surface area contributed by atoms with Gasteiger partial charge in [0.25, 0.3) is 0 Å². The average molecular weight is 1790 g/mol. The van der Waals surface area contributed by atoms with E-state index in [4.69, 9.17) is 62.1 Å². The summed E-state index contributed by atoms with van der Waals surface area (Å²) in [7, 11) is 0. The number of aliphatic carboxylic acids is 2. The lowest BCUT2D eigenvalue weighted by Gasteiger charge is -2.44. The molecule has 0 aliphatic carbocycles. The molecule has 8 aliphatic rings. The number of carbonyl (C=O) groups is 10. The number of hydrogen-bond donors (Lipinski definition) is 20. The SMILES string of the molecule is CC(=O)N[C@H]1C(O)[C@H](O)C(CO)O[C@H]1O[C@@H]1c2ccc(c(Cl)c2)Oc2cc3cc(c2O[C@@H]2OC(CO)[C@@H](O)[C@H](O)C2NC(=O)CCCC(=O)O)Oc2ccc(cc2Cl)C[C@H]2NC(=O)[C@H](N)c4ccc(O)c(c4)Oc4cc(O)cc(c4)[C@H](NC2=O)C(=O)N[C@H]3C(=O)N[C@H]2C(=O)N[C@@H]1C(=O)N[C@H](C(=O)O)c1cc(O)cc(C)c1-c1cc2ccc1I. The number of halogens is 3. The molecular weight excluding hydrogens is 1710 g/mol. The summed E-state index contributed by atoms with van der Waals surface area (Å²) in [5.41, 5.74) is 5.58. The lowest BCUT2D eigenvalue weighted by Crippen LogP contribution is -2.65. The molecule has 37 nitrogen and oxygen atoms in total. The molecule has 0 spiro atoms. The summed E-state index contributed by atoms with van der Waals surface area (Å²) in [6.07, 6.45) is -19.7. The van der Waals surface area contributed by atoms with Gasteiger partial charge < -0.3 is 138 Å². The number of amides is 8. The van der Waals surface area contributed by atoms with Crippen molar-refractivity contribution >= 4 is 105 Å². The molecule has 17 bridgehead atoms. The van der Waals surface area contributed by atoms with Crippen LogP contribution in [-0.4, -0.2) is 202 Å². The van der Waals surface area contributed by atoms with Gasteiger partial charge in [-0.15, -0.1) is 0 Å². The summed E-state index contributed by atoms with van der Waals surface area (Å²) in [6, 6.07) is 4.43. The maximum atomic E-state index is 16.8. The number of aliphatic hydroxyl groups excluding tert-OH is 6. The fourth-order valence-electron chi connectivity index (χ4n) is 14.5. The molecule has 8 heterocycles. The highest BCUT2D eigenvalue weighted by molar-refractivity contribution is 14.1. The second-order valence-electron chi connectivity index (χ2n) is 28.5. The van der Waals surface area contributed by atoms with Crippen LogP contribution in [0.4, 0.5) is 0 Å². The van der Waals surface area contributed by atoms with Gasteiger partial charge in [-0.25, -0.2) is 4.79 Å². The van der Waals surface area contributed by atoms with E-state index in [0.717, 1.165) is 67.6 Å². The number of phenolic OH excluding ortho intramolecular Hbond substituents is 3. The molecule has 0 saturated carbocycles. The topological polar surface area (TPSA) is 580 Å². The van der Waals surface area contributed by atoms with Gasteiger partial charge in [0.05, 0.1) is 23.3 Å². The number of carboxylic acids is 2. The standard InChI is InChI=1S/C78H76Cl2IN9O28/c1-28-14-36(94)25-40-55(28)39-19-32(7-10-43(39)81)57-72(106)90-63(75(109)89-60(40)76(110)111)68(117-77-61(83-29(2)93)66(102)64(100)51(26-91)115-77)33-9-13-47(42(80)20-33)114-50-23-35-22-49(69(50)118-78-62(67(103)65(101)52(27-92)116-78)85-53(97)4-3-5-54(98)99)113-46-12-6-30(15-41(46)79)16-44-70(104)86-58(73(107)88-59(35)74(108)87-57)34-17-37(95)24-38(18-34)112-48-21-31(8-11-45(48)96)56(82)71(105)84-44/h6-15,17-25,44,51-52,56-68,77-78,91-92,94-96,100-103H,3-5,16,26-27,82H2,1-2H3,(H,83,93)(H,84,105)(H,85,97)(H,86,104)(H,87,108)(H,88,107)(H,89,109)(H,90,106)(H,98,99)(H,110,111)/t44-,51?,52?,56-,57-,58+,59-,60+,61+,62?,63+,64-,65-,66?,67-,68-,77+,78+/m1/s1. The smallest absolute Gasteiger partial charge is 0.330 e. The van der Waals surface area contributed by atoms with E-state index >= 15 is 24.0 Å². The van der Waals surface area contributed by atoms with Crippen LogP contribution in [0, 0.1) is 10.5 Å². The summed E-state index contributed by atoms with van der Waals surface area (Å²) in [5, 5.41) is 142. The number of nitrogens with one attached hydrogen (secondary N) is 8. The summed E-state index contributed by atoms with van der Waals surface area (Å²) < 4.78 is 45.5. The van der Waals surface area contributed by atoms with Crippen LogP contribution in [0.1, 0.15) is 107 Å². The van der Waals surface area contributed by atoms with Gasteiger partial charge >= 0.3 is 11.9 Å². The summed E-state index contributed by atoms with van der Waals surface area (Å²) in [4.78, 5) is 148. The summed E-state index contributed by atoms with van der Waals surface area (Å²) in [5.74, 6) is -17.6. The molecule has 7 aromatic rings. The Balaban J connectivity index is 1.09. The number of phenols is 3. The Hall–Kier alpha value is -11.3. The van der Waals surface area contributed by atoms with Gasteiger partial charge in [0.1, 0.15) is 120 Å². The van der Waals surface area contributed by atoms with Crippen LogP contribution in [0.3, 0.4) is 0 Å². The van der Waals surface area contributed by atoms with Crippen LogP contribution in [0.25, 0.3) is 11.1 Å². The Morgan fingerprint density at radius 2 is 1.14 bits per heavy atom. The monoisotopic (exact) mass is 1780 g/mol. The van der Waals surface area contributed by atoms with Crippen molar-refractivity contribution in [1.29, 1.82) is 0 Å². The highest BCUT2D eigenvalue weighted by Crippen LogP contribution is 2.50. The molecule has 0 aromatic heterocycles. The Morgan fingerprint density at radius 3 is 1.77 bits per heavy atom. The number of hydrogen-bond acceptors (Lipinski definition) is 27. The first-order chi connectivity index (χ1) is 56.1. The summed E-state index contributed by atoms with van der Waals surface area (Å²) in [6.45, 7) is 0.451. The zero-order chi connectivity index (χ0) is 84.7. The molecule has 622 valence electrons. The minimum atomic E-state index is -2.40. The van der Waals surface area contributed by atoms with E-state index in [2.05, 4.69) is 42.5 Å². The van der Waals surface area contributed by atoms with Crippen LogP contribution in [0.5, 0.6) is 57.5 Å². The maximum Gasteiger partial charge on any atom is 0.330 e. The molecule has 8 aliphatic heterocycles. The first-order valence-electron chi connectivity index (χ1n) is 36.4. The Kier molecular flexibility index (Phi) is 25.2. The number of rotatable bonds is 13. The van der Waals surface area contributed by atoms with Crippen LogP contribution in [0.2, 0.25) is 10.0 Å². The first-order valence-corrected chi connectivity index (χ1v) is 38.2. The fourth-order valence-corrected chi connectivity index (χ4v) is 15.6. The number of carbonyl (C=O) groups excluding carboxylic acids is 8. The van der Waals surface area contributed by atoms with Crippen molar-refractivity contribution in [2.24, 2.45) is 5.73 Å². The van der Waals surface area contributed by atoms with E-state index in [1.54, 1.807) is 0 Å². The summed E-state index contributed by atoms with van der Waals surface area (Å²) >= 11 is 16.5. The molecule has 21 N–H and O–H groups in total. The van der Waals surface area contributed by atoms with Crippen molar-refractivity contribution in [3.05, 3.63) is 173 Å². The van der Waals surface area contributed by atoms with Gasteiger partial charge in [-0.05, 0) is 176 Å². The number of carboxylic acid groups (broad SMARTS) is 2. The van der Waals surface area contributed by atoms with Gasteiger partial charge in [0, 0.05) is 35.8 Å². The molecule has 18 atom stereocenters. The number of nitrogens with two attached hydrogens (primary N) is 1. The quantitative estimate of drug-likeness (QED) is 0.0736. The fraction of sp³-hybridized carbons (Fsp3) is 0.333. The molecule has 40 heteroatoms. The van der Waals surface area contributed by atoms with E-state index in [0.29, 0.717) is 3.57 Å². The molecule has 15 rings (SSSR count). The average Bonchev–Trinajstić information content (AvgIpc) is 0.770. The van der Waals surface area contributed by atoms with Crippen molar-refractivity contribution < 1.29 is 137 Å². The predicted molar refractivity (Wildman–Crippen MR) is 413 cm³/mol. The maximum absolute atomic E-state index is 16.8. The van der Waals surface area contributed by atoms with Crippen molar-refractivity contribution in [1.82, 2.24) is 42.5 Å². The highest BCUT2D eigenvalue weighted by atomic mass is 127.